The first kappa shape index (κ1) is 23.3. The van der Waals surface area contributed by atoms with E-state index in [1.807, 2.05) is 11.0 Å². The number of amides is 2. The minimum Gasteiger partial charge on any atom is -0.493 e. The van der Waals surface area contributed by atoms with E-state index in [2.05, 4.69) is 36.1 Å². The molecular formula is C27H34FN3O2. The van der Waals surface area contributed by atoms with E-state index >= 15 is 0 Å². The molecule has 176 valence electrons. The highest BCUT2D eigenvalue weighted by Gasteiger charge is 2.29. The van der Waals surface area contributed by atoms with Crippen LogP contribution in [0.5, 0.6) is 5.75 Å². The number of urea groups is 1. The smallest absolute Gasteiger partial charge is 0.324 e. The highest BCUT2D eigenvalue weighted by molar-refractivity contribution is 5.94. The van der Waals surface area contributed by atoms with Gasteiger partial charge in [0, 0.05) is 44.0 Å². The second kappa shape index (κ2) is 11.3. The zero-order valence-electron chi connectivity index (χ0n) is 19.5. The Bertz CT molecular complexity index is 960. The molecule has 2 amide bonds. The van der Waals surface area contributed by atoms with Crippen LogP contribution < -0.4 is 9.64 Å². The van der Waals surface area contributed by atoms with Crippen molar-refractivity contribution in [1.82, 2.24) is 9.80 Å². The Kier molecular flexibility index (Phi) is 8.00. The van der Waals surface area contributed by atoms with Crippen LogP contribution in [-0.4, -0.2) is 61.7 Å². The first-order chi connectivity index (χ1) is 16.2. The van der Waals surface area contributed by atoms with Gasteiger partial charge in [-0.3, -0.25) is 9.80 Å². The van der Waals surface area contributed by atoms with E-state index in [1.54, 1.807) is 17.0 Å². The number of nitrogens with zero attached hydrogens (tertiary/aromatic N) is 3. The largest absolute Gasteiger partial charge is 0.493 e. The molecule has 0 bridgehead atoms. The summed E-state index contributed by atoms with van der Waals surface area (Å²) in [6.45, 7) is 8.08. The molecule has 33 heavy (non-hydrogen) atoms. The number of hydrogen-bond donors (Lipinski definition) is 0. The molecule has 0 radical (unpaired) electrons. The summed E-state index contributed by atoms with van der Waals surface area (Å²) in [7, 11) is 0. The van der Waals surface area contributed by atoms with Crippen LogP contribution in [0, 0.1) is 5.82 Å². The Morgan fingerprint density at radius 1 is 0.970 bits per heavy atom. The van der Waals surface area contributed by atoms with Crippen LogP contribution in [-0.2, 0) is 0 Å². The summed E-state index contributed by atoms with van der Waals surface area (Å²) < 4.78 is 19.1. The lowest BCUT2D eigenvalue weighted by Gasteiger charge is -2.27. The lowest BCUT2D eigenvalue weighted by Crippen LogP contribution is -2.33. The summed E-state index contributed by atoms with van der Waals surface area (Å²) in [6.07, 6.45) is 6.43. The standard InChI is InChI=1S/C27H34FN3O2/c1-2-21-33-26-8-4-3-7-25(26)22-13-17-29(18-14-22)15-5-6-16-30-19-20-31(27(30)32)24-11-9-23(28)10-12-24/h3-4,7-13H,2,5-6,14-21H2,1H3. The van der Waals surface area contributed by atoms with Crippen molar-refractivity contribution >= 4 is 17.3 Å². The molecule has 0 N–H and O–H groups in total. The van der Waals surface area contributed by atoms with E-state index in [4.69, 9.17) is 4.74 Å². The Balaban J connectivity index is 1.20. The van der Waals surface area contributed by atoms with Gasteiger partial charge < -0.3 is 9.64 Å². The van der Waals surface area contributed by atoms with Gasteiger partial charge in [0.1, 0.15) is 11.6 Å². The average Bonchev–Trinajstić information content (AvgIpc) is 3.21. The van der Waals surface area contributed by atoms with Gasteiger partial charge in [-0.15, -0.1) is 0 Å². The summed E-state index contributed by atoms with van der Waals surface area (Å²) >= 11 is 0. The predicted octanol–water partition coefficient (Wildman–Crippen LogP) is 5.43. The molecule has 1 saturated heterocycles. The van der Waals surface area contributed by atoms with Gasteiger partial charge >= 0.3 is 6.03 Å². The molecule has 5 nitrogen and oxygen atoms in total. The van der Waals surface area contributed by atoms with E-state index in [-0.39, 0.29) is 11.8 Å². The van der Waals surface area contributed by atoms with Crippen molar-refractivity contribution < 1.29 is 13.9 Å². The van der Waals surface area contributed by atoms with E-state index in [0.29, 0.717) is 6.54 Å². The summed E-state index contributed by atoms with van der Waals surface area (Å²) in [5.41, 5.74) is 3.37. The number of hydrogen-bond acceptors (Lipinski definition) is 3. The van der Waals surface area contributed by atoms with Gasteiger partial charge in [0.2, 0.25) is 0 Å². The van der Waals surface area contributed by atoms with Gasteiger partial charge in [0.25, 0.3) is 0 Å². The highest BCUT2D eigenvalue weighted by Crippen LogP contribution is 2.30. The number of benzene rings is 2. The molecule has 2 aromatic carbocycles. The summed E-state index contributed by atoms with van der Waals surface area (Å²) in [4.78, 5) is 18.8. The number of ether oxygens (including phenoxy) is 1. The molecule has 0 aliphatic carbocycles. The third kappa shape index (κ3) is 5.93. The number of carbonyl (C=O) groups excluding carboxylic acids is 1. The SMILES string of the molecule is CCCOc1ccccc1C1=CCN(CCCCN2CCN(c3ccc(F)cc3)C2=O)CC1. The maximum atomic E-state index is 13.1. The average molecular weight is 452 g/mol. The highest BCUT2D eigenvalue weighted by atomic mass is 19.1. The maximum absolute atomic E-state index is 13.1. The molecule has 0 spiro atoms. The van der Waals surface area contributed by atoms with Crippen LogP contribution in [0.2, 0.25) is 0 Å². The molecule has 4 rings (SSSR count). The van der Waals surface area contributed by atoms with Crippen LogP contribution in [0.25, 0.3) is 5.57 Å². The summed E-state index contributed by atoms with van der Waals surface area (Å²) in [5.74, 6) is 0.708. The summed E-state index contributed by atoms with van der Waals surface area (Å²) in [6, 6.07) is 14.5. The van der Waals surface area contributed by atoms with E-state index < -0.39 is 0 Å². The quantitative estimate of drug-likeness (QED) is 0.452. The fourth-order valence-corrected chi connectivity index (χ4v) is 4.52. The van der Waals surface area contributed by atoms with Gasteiger partial charge in [-0.2, -0.15) is 0 Å². The molecule has 0 saturated carbocycles. The molecule has 2 aliphatic rings. The van der Waals surface area contributed by atoms with Crippen molar-refractivity contribution in [3.05, 3.63) is 66.0 Å². The number of halogens is 1. The van der Waals surface area contributed by atoms with Gasteiger partial charge in [0.05, 0.1) is 6.61 Å². The number of para-hydroxylation sites is 1. The first-order valence-corrected chi connectivity index (χ1v) is 12.1. The zero-order valence-corrected chi connectivity index (χ0v) is 19.5. The molecule has 2 heterocycles. The number of rotatable bonds is 10. The molecular weight excluding hydrogens is 417 g/mol. The van der Waals surface area contributed by atoms with E-state index in [9.17, 15) is 9.18 Å². The van der Waals surface area contributed by atoms with Crippen molar-refractivity contribution in [2.75, 3.05) is 50.8 Å². The predicted molar refractivity (Wildman–Crippen MR) is 131 cm³/mol. The Hall–Kier alpha value is -2.86. The number of anilines is 1. The van der Waals surface area contributed by atoms with Crippen molar-refractivity contribution in [2.24, 2.45) is 0 Å². The number of unbranched alkanes of at least 4 members (excludes halogenated alkanes) is 1. The second-order valence-electron chi connectivity index (χ2n) is 8.73. The normalized spacial score (nSPS) is 16.9. The third-order valence-electron chi connectivity index (χ3n) is 6.37. The Labute approximate surface area is 196 Å². The monoisotopic (exact) mass is 451 g/mol. The molecule has 0 aromatic heterocycles. The first-order valence-electron chi connectivity index (χ1n) is 12.1. The minimum absolute atomic E-state index is 0.0242. The van der Waals surface area contributed by atoms with Crippen molar-refractivity contribution in [2.45, 2.75) is 32.6 Å². The summed E-state index contributed by atoms with van der Waals surface area (Å²) in [5, 5.41) is 0. The van der Waals surface area contributed by atoms with E-state index in [0.717, 1.165) is 76.5 Å². The van der Waals surface area contributed by atoms with Crippen LogP contribution in [0.15, 0.2) is 54.6 Å². The molecule has 1 fully saturated rings. The fraction of sp³-hybridized carbons (Fsp3) is 0.444. The minimum atomic E-state index is -0.282. The Morgan fingerprint density at radius 2 is 1.76 bits per heavy atom. The van der Waals surface area contributed by atoms with Crippen LogP contribution in [0.1, 0.15) is 38.2 Å². The number of carbonyl (C=O) groups is 1. The Morgan fingerprint density at radius 3 is 2.52 bits per heavy atom. The second-order valence-corrected chi connectivity index (χ2v) is 8.73. The van der Waals surface area contributed by atoms with Crippen molar-refractivity contribution in [3.8, 4) is 5.75 Å². The zero-order chi connectivity index (χ0) is 23.0. The lowest BCUT2D eigenvalue weighted by molar-refractivity contribution is 0.218. The lowest BCUT2D eigenvalue weighted by atomic mass is 9.98. The molecule has 2 aliphatic heterocycles. The fourth-order valence-electron chi connectivity index (χ4n) is 4.52. The van der Waals surface area contributed by atoms with Crippen LogP contribution in [0.4, 0.5) is 14.9 Å². The molecule has 0 atom stereocenters. The maximum Gasteiger partial charge on any atom is 0.324 e. The van der Waals surface area contributed by atoms with E-state index in [1.165, 1.54) is 23.3 Å². The molecule has 2 aromatic rings. The van der Waals surface area contributed by atoms with Gasteiger partial charge in [-0.05, 0) is 68.1 Å². The van der Waals surface area contributed by atoms with Gasteiger partial charge in [0.15, 0.2) is 0 Å². The van der Waals surface area contributed by atoms with Crippen molar-refractivity contribution in [3.63, 3.8) is 0 Å². The van der Waals surface area contributed by atoms with Gasteiger partial charge in [-0.1, -0.05) is 31.2 Å². The van der Waals surface area contributed by atoms with Gasteiger partial charge in [-0.25, -0.2) is 9.18 Å². The third-order valence-corrected chi connectivity index (χ3v) is 6.37. The van der Waals surface area contributed by atoms with Crippen molar-refractivity contribution in [1.29, 1.82) is 0 Å². The van der Waals surface area contributed by atoms with Crippen LogP contribution >= 0.6 is 0 Å². The van der Waals surface area contributed by atoms with Crippen LogP contribution in [0.3, 0.4) is 0 Å². The topological polar surface area (TPSA) is 36.0 Å². The molecule has 6 heteroatoms. The molecule has 0 unspecified atom stereocenters.